The van der Waals surface area contributed by atoms with Crippen LogP contribution in [0.2, 0.25) is 0 Å². The lowest BCUT2D eigenvalue weighted by Crippen LogP contribution is -2.26. The van der Waals surface area contributed by atoms with Gasteiger partial charge in [-0.1, -0.05) is 18.2 Å². The first-order chi connectivity index (χ1) is 16.5. The van der Waals surface area contributed by atoms with Crippen LogP contribution in [-0.4, -0.2) is 16.1 Å². The second-order valence-corrected chi connectivity index (χ2v) is 9.09. The van der Waals surface area contributed by atoms with Crippen LogP contribution in [0.3, 0.4) is 0 Å². The minimum absolute atomic E-state index is 0.129. The van der Waals surface area contributed by atoms with Gasteiger partial charge >= 0.3 is 0 Å². The minimum atomic E-state index is -0.441. The number of aryl methyl sites for hydroxylation is 1. The van der Waals surface area contributed by atoms with E-state index in [-0.39, 0.29) is 24.9 Å². The number of fused-ring (bicyclic) bond motifs is 2. The maximum absolute atomic E-state index is 13.8. The van der Waals surface area contributed by atoms with E-state index in [1.54, 1.807) is 23.5 Å². The first-order valence-electron chi connectivity index (χ1n) is 10.8. The van der Waals surface area contributed by atoms with Crippen molar-refractivity contribution in [1.82, 2.24) is 10.5 Å². The summed E-state index contributed by atoms with van der Waals surface area (Å²) >= 11 is 1.56. The van der Waals surface area contributed by atoms with Crippen LogP contribution in [0.15, 0.2) is 77.7 Å². The van der Waals surface area contributed by atoms with E-state index < -0.39 is 5.91 Å². The van der Waals surface area contributed by atoms with Crippen molar-refractivity contribution in [2.75, 3.05) is 4.31 Å². The molecule has 34 heavy (non-hydrogen) atoms. The van der Waals surface area contributed by atoms with Crippen molar-refractivity contribution in [1.29, 1.82) is 0 Å². The zero-order valence-electron chi connectivity index (χ0n) is 18.4. The Hall–Kier alpha value is -3.62. The molecule has 0 aliphatic carbocycles. The Kier molecular flexibility index (Phi) is 6.08. The summed E-state index contributed by atoms with van der Waals surface area (Å²) in [4.78, 5) is 17.5. The van der Waals surface area contributed by atoms with Gasteiger partial charge in [0.1, 0.15) is 18.2 Å². The third kappa shape index (κ3) is 4.42. The van der Waals surface area contributed by atoms with E-state index in [1.807, 2.05) is 61.5 Å². The van der Waals surface area contributed by atoms with Gasteiger partial charge in [-0.15, -0.1) is 0 Å². The van der Waals surface area contributed by atoms with Crippen LogP contribution in [0.4, 0.5) is 10.1 Å². The monoisotopic (exact) mass is 475 g/mol. The average Bonchev–Trinajstić information content (AvgIpc) is 3.21. The number of ether oxygens (including phenoxy) is 1. The molecule has 8 heteroatoms. The molecule has 172 valence electrons. The average molecular weight is 476 g/mol. The summed E-state index contributed by atoms with van der Waals surface area (Å²) in [5.74, 6) is -0.0741. The molecule has 0 saturated heterocycles. The molecule has 0 bridgehead atoms. The van der Waals surface area contributed by atoms with Gasteiger partial charge in [-0.3, -0.25) is 15.0 Å². The summed E-state index contributed by atoms with van der Waals surface area (Å²) in [5.41, 5.74) is 6.14. The summed E-state index contributed by atoms with van der Waals surface area (Å²) in [6, 6.07) is 21.8. The number of hydroxylamine groups is 1. The van der Waals surface area contributed by atoms with Crippen LogP contribution in [0.25, 0.3) is 10.9 Å². The molecule has 5 rings (SSSR count). The summed E-state index contributed by atoms with van der Waals surface area (Å²) in [7, 11) is 0. The Labute approximate surface area is 200 Å². The Morgan fingerprint density at radius 2 is 1.94 bits per heavy atom. The second kappa shape index (κ2) is 9.32. The fourth-order valence-electron chi connectivity index (χ4n) is 4.17. The standard InChI is InChI=1S/C26H22FN3O3S/c1-16-12-17(22-13-18(27)6-11-23(22)28-16)15-33-20-9-7-19(8-10-20)30-24(14-26(31)29-32)21-4-2-3-5-25(21)34-30/h2-13,24,32H,14-15H2,1H3,(H,29,31). The molecule has 4 aromatic rings. The Balaban J connectivity index is 1.35. The molecule has 0 spiro atoms. The van der Waals surface area contributed by atoms with Gasteiger partial charge in [0, 0.05) is 27.2 Å². The lowest BCUT2D eigenvalue weighted by molar-refractivity contribution is -0.129. The number of anilines is 1. The number of hydrogen-bond donors (Lipinski definition) is 2. The van der Waals surface area contributed by atoms with Gasteiger partial charge < -0.3 is 9.04 Å². The molecule has 1 unspecified atom stereocenters. The molecular weight excluding hydrogens is 453 g/mol. The molecule has 1 aromatic heterocycles. The number of aromatic nitrogens is 1. The lowest BCUT2D eigenvalue weighted by Gasteiger charge is -2.25. The SMILES string of the molecule is Cc1cc(COc2ccc(N3Sc4ccccc4C3CC(=O)NO)cc2)c2cc(F)ccc2n1. The van der Waals surface area contributed by atoms with Gasteiger partial charge in [0.25, 0.3) is 0 Å². The van der Waals surface area contributed by atoms with E-state index in [0.717, 1.165) is 38.3 Å². The van der Waals surface area contributed by atoms with Crippen molar-refractivity contribution in [2.45, 2.75) is 30.9 Å². The Bertz CT molecular complexity index is 1360. The number of rotatable bonds is 6. The molecule has 6 nitrogen and oxygen atoms in total. The largest absolute Gasteiger partial charge is 0.489 e. The normalized spacial score (nSPS) is 14.8. The maximum Gasteiger partial charge on any atom is 0.245 e. The van der Waals surface area contributed by atoms with Crippen LogP contribution in [0, 0.1) is 12.7 Å². The van der Waals surface area contributed by atoms with Crippen molar-refractivity contribution in [3.63, 3.8) is 0 Å². The number of benzene rings is 3. The summed E-state index contributed by atoms with van der Waals surface area (Å²) in [5, 5.41) is 9.76. The highest BCUT2D eigenvalue weighted by atomic mass is 32.2. The number of carbonyl (C=O) groups excluding carboxylic acids is 1. The van der Waals surface area contributed by atoms with Crippen molar-refractivity contribution >= 4 is 34.4 Å². The van der Waals surface area contributed by atoms with Crippen molar-refractivity contribution in [3.05, 3.63) is 95.4 Å². The molecule has 1 amide bonds. The van der Waals surface area contributed by atoms with Crippen molar-refractivity contribution < 1.29 is 19.1 Å². The summed E-state index contributed by atoms with van der Waals surface area (Å²) in [6.07, 6.45) is 0.129. The first kappa shape index (κ1) is 22.2. The first-order valence-corrected chi connectivity index (χ1v) is 11.6. The number of pyridine rings is 1. The fourth-order valence-corrected chi connectivity index (χ4v) is 5.37. The van der Waals surface area contributed by atoms with Crippen molar-refractivity contribution in [3.8, 4) is 5.75 Å². The van der Waals surface area contributed by atoms with Gasteiger partial charge in [0.05, 0.1) is 18.0 Å². The maximum atomic E-state index is 13.8. The van der Waals surface area contributed by atoms with E-state index in [2.05, 4.69) is 9.29 Å². The minimum Gasteiger partial charge on any atom is -0.489 e. The highest BCUT2D eigenvalue weighted by Crippen LogP contribution is 2.48. The zero-order valence-corrected chi connectivity index (χ0v) is 19.2. The van der Waals surface area contributed by atoms with E-state index in [0.29, 0.717) is 5.75 Å². The molecule has 1 atom stereocenters. The number of halogens is 1. The molecule has 2 heterocycles. The topological polar surface area (TPSA) is 74.7 Å². The third-order valence-corrected chi connectivity index (χ3v) is 6.96. The van der Waals surface area contributed by atoms with Gasteiger partial charge in [-0.2, -0.15) is 0 Å². The fraction of sp³-hybridized carbons (Fsp3) is 0.154. The molecule has 0 fully saturated rings. The molecular formula is C26H22FN3O3S. The number of carbonyl (C=O) groups is 1. The van der Waals surface area contributed by atoms with E-state index in [4.69, 9.17) is 9.94 Å². The smallest absolute Gasteiger partial charge is 0.245 e. The van der Waals surface area contributed by atoms with Crippen LogP contribution in [-0.2, 0) is 11.4 Å². The van der Waals surface area contributed by atoms with Crippen LogP contribution in [0.1, 0.15) is 29.3 Å². The molecule has 3 aromatic carbocycles. The predicted octanol–water partition coefficient (Wildman–Crippen LogP) is 5.73. The molecule has 1 aliphatic rings. The highest BCUT2D eigenvalue weighted by Gasteiger charge is 2.33. The van der Waals surface area contributed by atoms with Crippen LogP contribution >= 0.6 is 11.9 Å². The summed E-state index contributed by atoms with van der Waals surface area (Å²) in [6.45, 7) is 2.19. The van der Waals surface area contributed by atoms with Gasteiger partial charge in [-0.05, 0) is 79.0 Å². The second-order valence-electron chi connectivity index (χ2n) is 8.08. The van der Waals surface area contributed by atoms with Crippen LogP contribution in [0.5, 0.6) is 5.75 Å². The number of nitrogens with zero attached hydrogens (tertiary/aromatic N) is 2. The number of amides is 1. The zero-order chi connectivity index (χ0) is 23.7. The van der Waals surface area contributed by atoms with E-state index in [1.165, 1.54) is 12.1 Å². The van der Waals surface area contributed by atoms with Crippen molar-refractivity contribution in [2.24, 2.45) is 0 Å². The van der Waals surface area contributed by atoms with Gasteiger partial charge in [0.15, 0.2) is 0 Å². The molecule has 0 radical (unpaired) electrons. The predicted molar refractivity (Wildman–Crippen MR) is 129 cm³/mol. The number of nitrogens with one attached hydrogen (secondary N) is 1. The molecule has 0 saturated carbocycles. The van der Waals surface area contributed by atoms with E-state index in [9.17, 15) is 9.18 Å². The molecule has 2 N–H and O–H groups in total. The van der Waals surface area contributed by atoms with Gasteiger partial charge in [-0.25, -0.2) is 9.87 Å². The van der Waals surface area contributed by atoms with E-state index >= 15 is 0 Å². The summed E-state index contributed by atoms with van der Waals surface area (Å²) < 4.78 is 21.9. The third-order valence-electron chi connectivity index (χ3n) is 5.73. The Morgan fingerprint density at radius 3 is 2.74 bits per heavy atom. The highest BCUT2D eigenvalue weighted by molar-refractivity contribution is 8.01. The molecule has 1 aliphatic heterocycles. The van der Waals surface area contributed by atoms with Crippen LogP contribution < -0.4 is 14.5 Å². The lowest BCUT2D eigenvalue weighted by atomic mass is 10.0. The number of hydrogen-bond acceptors (Lipinski definition) is 6. The Morgan fingerprint density at radius 1 is 1.15 bits per heavy atom. The van der Waals surface area contributed by atoms with Gasteiger partial charge in [0.2, 0.25) is 5.91 Å². The quantitative estimate of drug-likeness (QED) is 0.211.